The topological polar surface area (TPSA) is 98.1 Å². The van der Waals surface area contributed by atoms with Crippen molar-refractivity contribution in [2.75, 3.05) is 23.5 Å². The van der Waals surface area contributed by atoms with Crippen LogP contribution in [0.4, 0.5) is 11.4 Å². The predicted molar refractivity (Wildman–Crippen MR) is 163 cm³/mol. The van der Waals surface area contributed by atoms with Crippen LogP contribution in [0.2, 0.25) is 5.02 Å². The first kappa shape index (κ1) is 27.9. The van der Waals surface area contributed by atoms with Crippen molar-refractivity contribution in [3.8, 4) is 22.8 Å². The Kier molecular flexibility index (Phi) is 8.67. The van der Waals surface area contributed by atoms with Crippen LogP contribution >= 0.6 is 23.4 Å². The lowest BCUT2D eigenvalue weighted by molar-refractivity contribution is -0.113. The van der Waals surface area contributed by atoms with E-state index in [2.05, 4.69) is 20.8 Å². The number of ether oxygens (including phenoxy) is 1. The van der Waals surface area contributed by atoms with Gasteiger partial charge in [0.05, 0.1) is 18.6 Å². The van der Waals surface area contributed by atoms with Crippen molar-refractivity contribution >= 4 is 46.6 Å². The van der Waals surface area contributed by atoms with Crippen LogP contribution in [0.25, 0.3) is 17.1 Å². The highest BCUT2D eigenvalue weighted by atomic mass is 35.5. The molecule has 0 spiro atoms. The van der Waals surface area contributed by atoms with Crippen molar-refractivity contribution in [3.63, 3.8) is 0 Å². The Morgan fingerprint density at radius 3 is 2.24 bits per heavy atom. The highest BCUT2D eigenvalue weighted by Crippen LogP contribution is 2.33. The lowest BCUT2D eigenvalue weighted by Crippen LogP contribution is -2.16. The molecule has 2 amide bonds. The molecule has 8 nitrogen and oxygen atoms in total. The third kappa shape index (κ3) is 6.59. The van der Waals surface area contributed by atoms with E-state index in [0.717, 1.165) is 16.8 Å². The number of aromatic nitrogens is 3. The Morgan fingerprint density at radius 1 is 0.878 bits per heavy atom. The zero-order chi connectivity index (χ0) is 28.8. The van der Waals surface area contributed by atoms with Gasteiger partial charge in [-0.2, -0.15) is 0 Å². The van der Waals surface area contributed by atoms with Gasteiger partial charge in [-0.05, 0) is 55.0 Å². The molecule has 0 saturated carbocycles. The molecule has 0 atom stereocenters. The molecule has 0 radical (unpaired) electrons. The molecule has 0 bridgehead atoms. The van der Waals surface area contributed by atoms with Crippen molar-refractivity contribution in [1.29, 1.82) is 0 Å². The van der Waals surface area contributed by atoms with Gasteiger partial charge in [-0.1, -0.05) is 71.9 Å². The molecule has 5 aromatic rings. The molecule has 0 fully saturated rings. The summed E-state index contributed by atoms with van der Waals surface area (Å²) in [5, 5.41) is 15.8. The maximum Gasteiger partial charge on any atom is 0.255 e. The summed E-state index contributed by atoms with van der Waals surface area (Å²) in [5.74, 6) is 0.674. The molecule has 10 heteroatoms. The number of halogens is 1. The van der Waals surface area contributed by atoms with Gasteiger partial charge in [-0.25, -0.2) is 0 Å². The summed E-state index contributed by atoms with van der Waals surface area (Å²) >= 11 is 7.38. The largest absolute Gasteiger partial charge is 0.494 e. The number of thioether (sulfide) groups is 1. The van der Waals surface area contributed by atoms with Crippen LogP contribution in [-0.2, 0) is 4.79 Å². The number of benzene rings is 4. The van der Waals surface area contributed by atoms with Crippen LogP contribution in [0.5, 0.6) is 5.75 Å². The molecule has 2 N–H and O–H groups in total. The molecule has 0 aliphatic carbocycles. The van der Waals surface area contributed by atoms with Gasteiger partial charge in [-0.3, -0.25) is 14.2 Å². The van der Waals surface area contributed by atoms with E-state index in [1.807, 2.05) is 60.0 Å². The van der Waals surface area contributed by atoms with E-state index in [1.165, 1.54) is 18.9 Å². The summed E-state index contributed by atoms with van der Waals surface area (Å²) in [6.45, 7) is 1.85. The van der Waals surface area contributed by atoms with E-state index in [1.54, 1.807) is 48.5 Å². The number of aryl methyl sites for hydroxylation is 1. The maximum absolute atomic E-state index is 13.1. The number of anilines is 2. The van der Waals surface area contributed by atoms with Crippen molar-refractivity contribution in [2.24, 2.45) is 0 Å². The maximum atomic E-state index is 13.1. The molecular weight excluding hydrogens is 558 g/mol. The van der Waals surface area contributed by atoms with Crippen LogP contribution in [0.15, 0.2) is 102 Å². The number of carbonyl (C=O) groups is 2. The van der Waals surface area contributed by atoms with Gasteiger partial charge in [0.25, 0.3) is 5.91 Å². The average Bonchev–Trinajstić information content (AvgIpc) is 3.42. The molecule has 206 valence electrons. The zero-order valence-corrected chi connectivity index (χ0v) is 23.9. The molecule has 1 aromatic heterocycles. The number of nitrogens with zero attached hydrogens (tertiary/aromatic N) is 3. The van der Waals surface area contributed by atoms with E-state index in [-0.39, 0.29) is 17.6 Å². The molecule has 41 heavy (non-hydrogen) atoms. The highest BCUT2D eigenvalue weighted by Gasteiger charge is 2.19. The Labute approximate surface area is 246 Å². The fraction of sp³-hybridized carbons (Fsp3) is 0.0968. The molecule has 4 aromatic carbocycles. The fourth-order valence-electron chi connectivity index (χ4n) is 4.15. The predicted octanol–water partition coefficient (Wildman–Crippen LogP) is 6.89. The number of rotatable bonds is 9. The number of carbonyl (C=O) groups excluding carboxylic acids is 2. The van der Waals surface area contributed by atoms with Crippen LogP contribution in [0, 0.1) is 6.92 Å². The second kappa shape index (κ2) is 12.7. The standard InChI is InChI=1S/C31H26ClN5O3S/c1-20-17-26(27(40-2)18-25(20)34-30(39)22-11-7-4-8-12-22)33-28(38)19-41-31-36-35-29(21-9-5-3-6-10-21)37(31)24-15-13-23(32)14-16-24/h3-18H,19H2,1-2H3,(H,33,38)(H,34,39). The summed E-state index contributed by atoms with van der Waals surface area (Å²) in [5.41, 5.74) is 4.12. The van der Waals surface area contributed by atoms with Gasteiger partial charge in [0, 0.05) is 33.6 Å². The Morgan fingerprint density at radius 2 is 1.56 bits per heavy atom. The summed E-state index contributed by atoms with van der Waals surface area (Å²) < 4.78 is 7.42. The molecule has 0 aliphatic rings. The molecule has 0 saturated heterocycles. The van der Waals surface area contributed by atoms with Crippen LogP contribution in [0.1, 0.15) is 15.9 Å². The Bertz CT molecular complexity index is 1680. The minimum absolute atomic E-state index is 0.0786. The van der Waals surface area contributed by atoms with E-state index < -0.39 is 0 Å². The number of hydrogen-bond donors (Lipinski definition) is 2. The average molecular weight is 584 g/mol. The molecule has 5 rings (SSSR count). The summed E-state index contributed by atoms with van der Waals surface area (Å²) in [4.78, 5) is 25.7. The van der Waals surface area contributed by atoms with Crippen molar-refractivity contribution in [1.82, 2.24) is 14.8 Å². The number of methoxy groups -OCH3 is 1. The molecule has 0 unspecified atom stereocenters. The van der Waals surface area contributed by atoms with Crippen LogP contribution in [-0.4, -0.2) is 39.4 Å². The Balaban J connectivity index is 1.32. The van der Waals surface area contributed by atoms with Gasteiger partial charge < -0.3 is 15.4 Å². The fourth-order valence-corrected chi connectivity index (χ4v) is 5.03. The van der Waals surface area contributed by atoms with E-state index in [0.29, 0.717) is 38.7 Å². The lowest BCUT2D eigenvalue weighted by atomic mass is 10.1. The van der Waals surface area contributed by atoms with Crippen molar-refractivity contribution < 1.29 is 14.3 Å². The summed E-state index contributed by atoms with van der Waals surface area (Å²) in [7, 11) is 1.51. The zero-order valence-electron chi connectivity index (χ0n) is 22.3. The quantitative estimate of drug-likeness (QED) is 0.183. The van der Waals surface area contributed by atoms with Gasteiger partial charge in [0.15, 0.2) is 11.0 Å². The van der Waals surface area contributed by atoms with E-state index in [4.69, 9.17) is 16.3 Å². The van der Waals surface area contributed by atoms with Crippen molar-refractivity contribution in [2.45, 2.75) is 12.1 Å². The second-order valence-electron chi connectivity index (χ2n) is 9.01. The van der Waals surface area contributed by atoms with E-state index >= 15 is 0 Å². The van der Waals surface area contributed by atoms with Gasteiger partial charge in [-0.15, -0.1) is 10.2 Å². The Hall–Kier alpha value is -4.60. The normalized spacial score (nSPS) is 10.7. The van der Waals surface area contributed by atoms with Gasteiger partial charge >= 0.3 is 0 Å². The minimum Gasteiger partial charge on any atom is -0.494 e. The first-order valence-corrected chi connectivity index (χ1v) is 14.0. The number of hydrogen-bond acceptors (Lipinski definition) is 6. The molecule has 0 aliphatic heterocycles. The lowest BCUT2D eigenvalue weighted by Gasteiger charge is -2.15. The van der Waals surface area contributed by atoms with Crippen LogP contribution in [0.3, 0.4) is 0 Å². The first-order chi connectivity index (χ1) is 19.9. The minimum atomic E-state index is -0.249. The van der Waals surface area contributed by atoms with Crippen molar-refractivity contribution in [3.05, 3.63) is 113 Å². The first-order valence-electron chi connectivity index (χ1n) is 12.7. The highest BCUT2D eigenvalue weighted by molar-refractivity contribution is 7.99. The smallest absolute Gasteiger partial charge is 0.255 e. The summed E-state index contributed by atoms with van der Waals surface area (Å²) in [6.07, 6.45) is 0. The third-order valence-electron chi connectivity index (χ3n) is 6.19. The van der Waals surface area contributed by atoms with E-state index in [9.17, 15) is 9.59 Å². The number of nitrogens with one attached hydrogen (secondary N) is 2. The monoisotopic (exact) mass is 583 g/mol. The van der Waals surface area contributed by atoms with Crippen LogP contribution < -0.4 is 15.4 Å². The second-order valence-corrected chi connectivity index (χ2v) is 10.4. The molecular formula is C31H26ClN5O3S. The third-order valence-corrected chi connectivity index (χ3v) is 7.37. The van der Waals surface area contributed by atoms with Gasteiger partial charge in [0.2, 0.25) is 5.91 Å². The number of amides is 2. The SMILES string of the molecule is COc1cc(NC(=O)c2ccccc2)c(C)cc1NC(=O)CSc1nnc(-c2ccccc2)n1-c1ccc(Cl)cc1. The summed E-state index contributed by atoms with van der Waals surface area (Å²) in [6, 6.07) is 29.5. The molecule has 1 heterocycles. The van der Waals surface area contributed by atoms with Gasteiger partial charge in [0.1, 0.15) is 5.75 Å².